The first-order valence-corrected chi connectivity index (χ1v) is 5.26. The maximum atomic E-state index is 13.4. The second-order valence-corrected chi connectivity index (χ2v) is 3.59. The van der Waals surface area contributed by atoms with Crippen molar-refractivity contribution in [1.82, 2.24) is 5.32 Å². The lowest BCUT2D eigenvalue weighted by Crippen LogP contribution is -2.05. The zero-order valence-electron chi connectivity index (χ0n) is 9.59. The number of rotatable bonds is 5. The Morgan fingerprint density at radius 3 is 2.88 bits per heavy atom. The van der Waals surface area contributed by atoms with Crippen LogP contribution in [0.5, 0.6) is 0 Å². The molecule has 0 spiro atoms. The molecule has 3 heteroatoms. The van der Waals surface area contributed by atoms with E-state index >= 15 is 0 Å². The molecule has 1 N–H and O–H groups in total. The Morgan fingerprint density at radius 2 is 2.25 bits per heavy atom. The van der Waals surface area contributed by atoms with Crippen LogP contribution in [0.15, 0.2) is 24.3 Å². The molecule has 0 aliphatic carbocycles. The van der Waals surface area contributed by atoms with Gasteiger partial charge in [-0.05, 0) is 45.1 Å². The summed E-state index contributed by atoms with van der Waals surface area (Å²) in [6.45, 7) is 2.33. The summed E-state index contributed by atoms with van der Waals surface area (Å²) in [6.07, 6.45) is 4.43. The molecule has 0 saturated heterocycles. The number of carbonyl (C=O) groups is 1. The van der Waals surface area contributed by atoms with E-state index < -0.39 is 0 Å². The van der Waals surface area contributed by atoms with Crippen molar-refractivity contribution >= 4 is 11.9 Å². The van der Waals surface area contributed by atoms with E-state index in [2.05, 4.69) is 5.32 Å². The number of benzene rings is 1. The Balaban J connectivity index is 2.82. The Morgan fingerprint density at radius 1 is 1.50 bits per heavy atom. The zero-order valence-corrected chi connectivity index (χ0v) is 9.59. The maximum Gasteiger partial charge on any atom is 0.159 e. The summed E-state index contributed by atoms with van der Waals surface area (Å²) in [6, 6.07) is 4.41. The van der Waals surface area contributed by atoms with Crippen LogP contribution >= 0.6 is 0 Å². The van der Waals surface area contributed by atoms with Crippen molar-refractivity contribution in [1.29, 1.82) is 0 Å². The van der Waals surface area contributed by atoms with Crippen LogP contribution in [0.4, 0.5) is 4.39 Å². The first-order chi connectivity index (χ1) is 7.65. The van der Waals surface area contributed by atoms with Gasteiger partial charge in [0.2, 0.25) is 0 Å². The van der Waals surface area contributed by atoms with E-state index in [1.807, 2.05) is 13.1 Å². The zero-order chi connectivity index (χ0) is 12.0. The normalized spacial score (nSPS) is 10.9. The van der Waals surface area contributed by atoms with Crippen molar-refractivity contribution in [2.45, 2.75) is 13.3 Å². The number of halogens is 1. The van der Waals surface area contributed by atoms with Crippen LogP contribution in [0, 0.1) is 5.82 Å². The van der Waals surface area contributed by atoms with E-state index in [1.54, 1.807) is 12.1 Å². The largest absolute Gasteiger partial charge is 0.319 e. The van der Waals surface area contributed by atoms with E-state index in [1.165, 1.54) is 19.1 Å². The summed E-state index contributed by atoms with van der Waals surface area (Å²) in [5.74, 6) is -0.351. The van der Waals surface area contributed by atoms with Gasteiger partial charge in [-0.3, -0.25) is 4.79 Å². The van der Waals surface area contributed by atoms with Crippen molar-refractivity contribution in [2.24, 2.45) is 0 Å². The average molecular weight is 221 g/mol. The molecule has 86 valence electrons. The van der Waals surface area contributed by atoms with Gasteiger partial charge in [-0.25, -0.2) is 4.39 Å². The van der Waals surface area contributed by atoms with E-state index in [4.69, 9.17) is 0 Å². The third-order valence-electron chi connectivity index (χ3n) is 2.26. The van der Waals surface area contributed by atoms with Crippen LogP contribution in [0.2, 0.25) is 0 Å². The Kier molecular flexibility index (Phi) is 4.86. The summed E-state index contributed by atoms with van der Waals surface area (Å²) in [7, 11) is 1.87. The predicted molar refractivity (Wildman–Crippen MR) is 64.0 cm³/mol. The molecule has 0 radical (unpaired) electrons. The number of Topliss-reactive ketones (excluding diaryl/α,β-unsaturated/α-hetero) is 1. The molecule has 0 aromatic heterocycles. The van der Waals surface area contributed by atoms with Gasteiger partial charge >= 0.3 is 0 Å². The molecular weight excluding hydrogens is 205 g/mol. The minimum Gasteiger partial charge on any atom is -0.319 e. The molecule has 0 amide bonds. The minimum absolute atomic E-state index is 0.0510. The maximum absolute atomic E-state index is 13.4. The van der Waals surface area contributed by atoms with Gasteiger partial charge in [-0.2, -0.15) is 0 Å². The Hall–Kier alpha value is -1.48. The first-order valence-electron chi connectivity index (χ1n) is 5.26. The molecule has 0 unspecified atom stereocenters. The Bertz CT molecular complexity index is 399. The second kappa shape index (κ2) is 6.18. The molecule has 0 saturated carbocycles. The fourth-order valence-electron chi connectivity index (χ4n) is 1.33. The van der Waals surface area contributed by atoms with Crippen LogP contribution < -0.4 is 5.32 Å². The summed E-state index contributed by atoms with van der Waals surface area (Å²) in [5.41, 5.74) is 0.999. The Labute approximate surface area is 95.2 Å². The van der Waals surface area contributed by atoms with Gasteiger partial charge in [0.25, 0.3) is 0 Å². The third kappa shape index (κ3) is 3.59. The summed E-state index contributed by atoms with van der Waals surface area (Å²) in [4.78, 5) is 11.1. The van der Waals surface area contributed by atoms with Crippen LogP contribution in [-0.4, -0.2) is 19.4 Å². The third-order valence-corrected chi connectivity index (χ3v) is 2.26. The van der Waals surface area contributed by atoms with Crippen molar-refractivity contribution in [3.8, 4) is 0 Å². The standard InChI is InChI=1S/C13H16FNO/c1-10(16)11-6-7-13(14)12(9-11)5-3-4-8-15-2/h3,5-7,9,15H,4,8H2,1-2H3. The molecule has 16 heavy (non-hydrogen) atoms. The lowest BCUT2D eigenvalue weighted by atomic mass is 10.1. The van der Waals surface area contributed by atoms with Gasteiger partial charge in [-0.1, -0.05) is 12.2 Å². The molecule has 0 atom stereocenters. The lowest BCUT2D eigenvalue weighted by molar-refractivity contribution is 0.101. The number of carbonyl (C=O) groups excluding carboxylic acids is 1. The molecule has 2 nitrogen and oxygen atoms in total. The van der Waals surface area contributed by atoms with Gasteiger partial charge in [0.05, 0.1) is 0 Å². The first kappa shape index (κ1) is 12.6. The van der Waals surface area contributed by atoms with E-state index in [-0.39, 0.29) is 11.6 Å². The highest BCUT2D eigenvalue weighted by atomic mass is 19.1. The molecule has 0 bridgehead atoms. The second-order valence-electron chi connectivity index (χ2n) is 3.59. The summed E-state index contributed by atoms with van der Waals surface area (Å²) in [5, 5.41) is 3.00. The van der Waals surface area contributed by atoms with E-state index in [9.17, 15) is 9.18 Å². The highest BCUT2D eigenvalue weighted by molar-refractivity contribution is 5.94. The molecule has 0 aliphatic rings. The number of ketones is 1. The van der Waals surface area contributed by atoms with Gasteiger partial charge in [0.1, 0.15) is 5.82 Å². The molecule has 1 rings (SSSR count). The minimum atomic E-state index is -0.300. The molecule has 1 aromatic carbocycles. The van der Waals surface area contributed by atoms with Crippen LogP contribution in [0.25, 0.3) is 6.08 Å². The van der Waals surface area contributed by atoms with E-state index in [0.717, 1.165) is 13.0 Å². The van der Waals surface area contributed by atoms with Gasteiger partial charge in [-0.15, -0.1) is 0 Å². The van der Waals surface area contributed by atoms with E-state index in [0.29, 0.717) is 11.1 Å². The van der Waals surface area contributed by atoms with Crippen molar-refractivity contribution in [3.63, 3.8) is 0 Å². The molecule has 0 fully saturated rings. The summed E-state index contributed by atoms with van der Waals surface area (Å²) >= 11 is 0. The van der Waals surface area contributed by atoms with Crippen LogP contribution in [0.1, 0.15) is 29.3 Å². The quantitative estimate of drug-likeness (QED) is 0.611. The molecule has 0 heterocycles. The van der Waals surface area contributed by atoms with Crippen molar-refractivity contribution in [2.75, 3.05) is 13.6 Å². The fourth-order valence-corrected chi connectivity index (χ4v) is 1.33. The highest BCUT2D eigenvalue weighted by Gasteiger charge is 2.03. The lowest BCUT2D eigenvalue weighted by Gasteiger charge is -2.00. The van der Waals surface area contributed by atoms with Crippen molar-refractivity contribution < 1.29 is 9.18 Å². The van der Waals surface area contributed by atoms with Crippen molar-refractivity contribution in [3.05, 3.63) is 41.2 Å². The van der Waals surface area contributed by atoms with Crippen LogP contribution in [-0.2, 0) is 0 Å². The van der Waals surface area contributed by atoms with Gasteiger partial charge < -0.3 is 5.32 Å². The topological polar surface area (TPSA) is 29.1 Å². The highest BCUT2D eigenvalue weighted by Crippen LogP contribution is 2.13. The fraction of sp³-hybridized carbons (Fsp3) is 0.308. The number of nitrogens with one attached hydrogen (secondary N) is 1. The van der Waals surface area contributed by atoms with Crippen LogP contribution in [0.3, 0.4) is 0 Å². The number of hydrogen-bond donors (Lipinski definition) is 1. The molecular formula is C13H16FNO. The molecule has 1 aromatic rings. The van der Waals surface area contributed by atoms with Gasteiger partial charge in [0.15, 0.2) is 5.78 Å². The molecule has 0 aliphatic heterocycles. The van der Waals surface area contributed by atoms with Gasteiger partial charge in [0, 0.05) is 11.1 Å². The number of hydrogen-bond acceptors (Lipinski definition) is 2. The SMILES string of the molecule is CNCCC=Cc1cc(C(C)=O)ccc1F. The predicted octanol–water partition coefficient (Wildman–Crippen LogP) is 2.65. The monoisotopic (exact) mass is 221 g/mol. The summed E-state index contributed by atoms with van der Waals surface area (Å²) < 4.78 is 13.4. The average Bonchev–Trinajstić information content (AvgIpc) is 2.26. The smallest absolute Gasteiger partial charge is 0.159 e.